The van der Waals surface area contributed by atoms with Crippen molar-refractivity contribution in [2.45, 2.75) is 19.5 Å². The summed E-state index contributed by atoms with van der Waals surface area (Å²) < 4.78 is 5.17. The van der Waals surface area contributed by atoms with Gasteiger partial charge >= 0.3 is 0 Å². The van der Waals surface area contributed by atoms with Gasteiger partial charge in [0.25, 0.3) is 11.6 Å². The van der Waals surface area contributed by atoms with Crippen molar-refractivity contribution in [2.75, 3.05) is 19.5 Å². The molecular weight excluding hydrogens is 393 g/mol. The molecule has 0 saturated heterocycles. The van der Waals surface area contributed by atoms with Gasteiger partial charge in [-0.05, 0) is 25.1 Å². The smallest absolute Gasteiger partial charge is 0.282 e. The van der Waals surface area contributed by atoms with Gasteiger partial charge in [0, 0.05) is 17.7 Å². The molecule has 0 aromatic heterocycles. The molecule has 0 bridgehead atoms. The van der Waals surface area contributed by atoms with Gasteiger partial charge in [-0.2, -0.15) is 0 Å². The number of nitrogens with zero attached hydrogens (tertiary/aromatic N) is 1. The van der Waals surface area contributed by atoms with Crippen LogP contribution in [0.25, 0.3) is 0 Å². The Morgan fingerprint density at radius 2 is 1.96 bits per heavy atom. The molecule has 0 spiro atoms. The van der Waals surface area contributed by atoms with Crippen molar-refractivity contribution >= 4 is 40.5 Å². The Balaban J connectivity index is 2.11. The average molecular weight is 413 g/mol. The van der Waals surface area contributed by atoms with Crippen molar-refractivity contribution in [1.29, 1.82) is 0 Å². The average Bonchev–Trinajstić information content (AvgIpc) is 2.63. The quantitative estimate of drug-likeness (QED) is 0.540. The Morgan fingerprint density at radius 1 is 1.26 bits per heavy atom. The SMILES string of the molecule is COc1ccc([N+](=O)[O-])cc1NC(=O)[C@H](C)[NH+](C)Cc1ccc(Cl)c(Cl)c1. The Labute approximate surface area is 167 Å². The van der Waals surface area contributed by atoms with E-state index in [0.29, 0.717) is 22.3 Å². The van der Waals surface area contributed by atoms with Crippen LogP contribution in [0.3, 0.4) is 0 Å². The third-order valence-corrected chi connectivity index (χ3v) is 4.99. The number of ether oxygens (including phenoxy) is 1. The molecule has 0 saturated carbocycles. The second-order valence-corrected chi connectivity index (χ2v) is 6.94. The third kappa shape index (κ3) is 5.32. The summed E-state index contributed by atoms with van der Waals surface area (Å²) in [6.07, 6.45) is 0. The molecule has 2 rings (SSSR count). The van der Waals surface area contributed by atoms with Crippen molar-refractivity contribution in [2.24, 2.45) is 0 Å². The van der Waals surface area contributed by atoms with Crippen LogP contribution in [-0.2, 0) is 11.3 Å². The van der Waals surface area contributed by atoms with Gasteiger partial charge in [-0.25, -0.2) is 0 Å². The minimum Gasteiger partial charge on any atom is -0.495 e. The molecule has 1 unspecified atom stereocenters. The number of rotatable bonds is 7. The van der Waals surface area contributed by atoms with Crippen LogP contribution in [0.4, 0.5) is 11.4 Å². The number of carbonyl (C=O) groups is 1. The molecule has 2 N–H and O–H groups in total. The molecule has 7 nitrogen and oxygen atoms in total. The number of nitro groups is 1. The maximum Gasteiger partial charge on any atom is 0.282 e. The maximum atomic E-state index is 12.6. The molecule has 2 atom stereocenters. The Morgan fingerprint density at radius 3 is 2.56 bits per heavy atom. The van der Waals surface area contributed by atoms with Crippen molar-refractivity contribution in [3.8, 4) is 5.75 Å². The number of quaternary nitrogens is 1. The molecule has 0 heterocycles. The highest BCUT2D eigenvalue weighted by Crippen LogP contribution is 2.29. The summed E-state index contributed by atoms with van der Waals surface area (Å²) in [5.41, 5.74) is 1.07. The van der Waals surface area contributed by atoms with Crippen LogP contribution < -0.4 is 15.0 Å². The number of anilines is 1. The van der Waals surface area contributed by atoms with Gasteiger partial charge in [0.2, 0.25) is 0 Å². The first-order valence-corrected chi connectivity index (χ1v) is 8.88. The lowest BCUT2D eigenvalue weighted by molar-refractivity contribution is -0.907. The largest absolute Gasteiger partial charge is 0.495 e. The lowest BCUT2D eigenvalue weighted by atomic mass is 10.1. The molecule has 0 fully saturated rings. The number of non-ortho nitro benzene ring substituents is 1. The molecule has 0 radical (unpaired) electrons. The fourth-order valence-electron chi connectivity index (χ4n) is 2.50. The van der Waals surface area contributed by atoms with Crippen LogP contribution in [0.15, 0.2) is 36.4 Å². The van der Waals surface area contributed by atoms with E-state index in [-0.39, 0.29) is 17.3 Å². The van der Waals surface area contributed by atoms with E-state index in [0.717, 1.165) is 10.5 Å². The summed E-state index contributed by atoms with van der Waals surface area (Å²) in [5, 5.41) is 14.6. The molecule has 9 heteroatoms. The van der Waals surface area contributed by atoms with E-state index >= 15 is 0 Å². The monoisotopic (exact) mass is 412 g/mol. The molecule has 0 aliphatic rings. The van der Waals surface area contributed by atoms with Gasteiger partial charge in [-0.3, -0.25) is 14.9 Å². The van der Waals surface area contributed by atoms with Crippen molar-refractivity contribution in [1.82, 2.24) is 0 Å². The molecular formula is C18H20Cl2N3O4+. The summed E-state index contributed by atoms with van der Waals surface area (Å²) in [7, 11) is 3.30. The van der Waals surface area contributed by atoms with E-state index < -0.39 is 11.0 Å². The van der Waals surface area contributed by atoms with E-state index in [4.69, 9.17) is 27.9 Å². The lowest BCUT2D eigenvalue weighted by Gasteiger charge is -2.21. The summed E-state index contributed by atoms with van der Waals surface area (Å²) >= 11 is 12.0. The number of benzene rings is 2. The zero-order chi connectivity index (χ0) is 20.1. The molecule has 0 aliphatic heterocycles. The number of likely N-dealkylation sites (N-methyl/N-ethyl adjacent to an activating group) is 1. The number of carbonyl (C=O) groups excluding carboxylic acids is 1. The molecule has 144 valence electrons. The fourth-order valence-corrected chi connectivity index (χ4v) is 2.82. The van der Waals surface area contributed by atoms with E-state index in [2.05, 4.69) is 5.32 Å². The van der Waals surface area contributed by atoms with Gasteiger partial charge in [0.1, 0.15) is 12.3 Å². The van der Waals surface area contributed by atoms with Crippen LogP contribution >= 0.6 is 23.2 Å². The summed E-state index contributed by atoms with van der Waals surface area (Å²) in [4.78, 5) is 24.0. The summed E-state index contributed by atoms with van der Waals surface area (Å²) in [6.45, 7) is 2.32. The number of methoxy groups -OCH3 is 1. The highest BCUT2D eigenvalue weighted by atomic mass is 35.5. The number of halogens is 2. The predicted molar refractivity (Wildman–Crippen MR) is 105 cm³/mol. The number of nitrogens with one attached hydrogen (secondary N) is 2. The maximum absolute atomic E-state index is 12.6. The number of hydrogen-bond acceptors (Lipinski definition) is 4. The zero-order valence-corrected chi connectivity index (χ0v) is 16.6. The van der Waals surface area contributed by atoms with Crippen molar-refractivity contribution in [3.05, 3.63) is 62.1 Å². The van der Waals surface area contributed by atoms with Crippen LogP contribution in [0.2, 0.25) is 10.0 Å². The Hall–Kier alpha value is -2.35. The first-order chi connectivity index (χ1) is 12.7. The minimum absolute atomic E-state index is 0.129. The summed E-state index contributed by atoms with van der Waals surface area (Å²) in [6, 6.07) is 8.95. The van der Waals surface area contributed by atoms with Crippen LogP contribution in [0.5, 0.6) is 5.75 Å². The van der Waals surface area contributed by atoms with Gasteiger partial charge in [0.05, 0.1) is 34.8 Å². The molecule has 27 heavy (non-hydrogen) atoms. The predicted octanol–water partition coefficient (Wildman–Crippen LogP) is 2.95. The normalized spacial score (nSPS) is 12.9. The van der Waals surface area contributed by atoms with Crippen LogP contribution in [0.1, 0.15) is 12.5 Å². The van der Waals surface area contributed by atoms with E-state index in [1.165, 1.54) is 25.3 Å². The van der Waals surface area contributed by atoms with Gasteiger partial charge in [-0.15, -0.1) is 0 Å². The standard InChI is InChI=1S/C18H19Cl2N3O4/c1-11(22(2)10-12-4-6-14(19)15(20)8-12)18(24)21-16-9-13(23(25)26)5-7-17(16)27-3/h4-9,11H,10H2,1-3H3,(H,21,24)/p+1/t11-/m0/s1. The number of nitro benzene ring substituents is 1. The van der Waals surface area contributed by atoms with Crippen LogP contribution in [0, 0.1) is 10.1 Å². The van der Waals surface area contributed by atoms with Crippen LogP contribution in [-0.4, -0.2) is 31.0 Å². The van der Waals surface area contributed by atoms with E-state index in [1.54, 1.807) is 19.1 Å². The first kappa shape index (κ1) is 21.0. The van der Waals surface area contributed by atoms with Crippen molar-refractivity contribution < 1.29 is 19.4 Å². The first-order valence-electron chi connectivity index (χ1n) is 8.12. The summed E-state index contributed by atoms with van der Waals surface area (Å²) in [5.74, 6) is 0.0645. The van der Waals surface area contributed by atoms with Gasteiger partial charge < -0.3 is 15.0 Å². The number of amides is 1. The van der Waals surface area contributed by atoms with E-state index in [9.17, 15) is 14.9 Å². The Kier molecular flexibility index (Phi) is 7.01. The molecule has 1 amide bonds. The topological polar surface area (TPSA) is 85.9 Å². The number of hydrogen-bond donors (Lipinski definition) is 2. The third-order valence-electron chi connectivity index (χ3n) is 4.25. The second-order valence-electron chi connectivity index (χ2n) is 6.12. The van der Waals surface area contributed by atoms with Gasteiger partial charge in [0.15, 0.2) is 6.04 Å². The van der Waals surface area contributed by atoms with E-state index in [1.807, 2.05) is 13.1 Å². The molecule has 2 aromatic rings. The minimum atomic E-state index is -0.528. The Bertz CT molecular complexity index is 860. The highest BCUT2D eigenvalue weighted by Gasteiger charge is 2.24. The fraction of sp³-hybridized carbons (Fsp3) is 0.278. The zero-order valence-electron chi connectivity index (χ0n) is 15.1. The second kappa shape index (κ2) is 9.03. The van der Waals surface area contributed by atoms with Gasteiger partial charge in [-0.1, -0.05) is 29.3 Å². The highest BCUT2D eigenvalue weighted by molar-refractivity contribution is 6.42. The molecule has 0 aliphatic carbocycles. The molecule has 2 aromatic carbocycles. The van der Waals surface area contributed by atoms with Crippen molar-refractivity contribution in [3.63, 3.8) is 0 Å². The lowest BCUT2D eigenvalue weighted by Crippen LogP contribution is -3.12.